The molecule has 0 N–H and O–H groups in total. The monoisotopic (exact) mass is 370 g/mol. The van der Waals surface area contributed by atoms with Crippen molar-refractivity contribution in [3.63, 3.8) is 0 Å². The van der Waals surface area contributed by atoms with E-state index in [2.05, 4.69) is 0 Å². The molecule has 2 aromatic rings. The standard InChI is InChI=1S/C22H26O5/c1-24-20-14-19(15-23)18(10-12-26-22-9-5-6-11-25-22)13-21(20)27-16-17-7-3-2-4-8-17/h2-4,7-8,13-15,22H,5-6,9-12,16H2,1H3. The first-order valence-corrected chi connectivity index (χ1v) is 9.36. The summed E-state index contributed by atoms with van der Waals surface area (Å²) in [6, 6.07) is 13.5. The van der Waals surface area contributed by atoms with Crippen LogP contribution in [0.4, 0.5) is 0 Å². The number of hydrogen-bond donors (Lipinski definition) is 0. The first-order chi connectivity index (χ1) is 13.3. The van der Waals surface area contributed by atoms with E-state index in [1.807, 2.05) is 36.4 Å². The lowest BCUT2D eigenvalue weighted by Crippen LogP contribution is -2.23. The molecule has 1 aliphatic rings. The summed E-state index contributed by atoms with van der Waals surface area (Å²) in [7, 11) is 1.57. The van der Waals surface area contributed by atoms with Gasteiger partial charge in [0.25, 0.3) is 0 Å². The molecule has 1 fully saturated rings. The summed E-state index contributed by atoms with van der Waals surface area (Å²) in [4.78, 5) is 11.5. The maximum atomic E-state index is 11.5. The Kier molecular flexibility index (Phi) is 7.25. The van der Waals surface area contributed by atoms with Gasteiger partial charge in [-0.1, -0.05) is 30.3 Å². The van der Waals surface area contributed by atoms with E-state index in [1.165, 1.54) is 0 Å². The highest BCUT2D eigenvalue weighted by Gasteiger charge is 2.15. The van der Waals surface area contributed by atoms with Gasteiger partial charge >= 0.3 is 0 Å². The quantitative estimate of drug-likeness (QED) is 0.620. The summed E-state index contributed by atoms with van der Waals surface area (Å²) in [6.45, 7) is 1.68. The van der Waals surface area contributed by atoms with Gasteiger partial charge < -0.3 is 18.9 Å². The summed E-state index contributed by atoms with van der Waals surface area (Å²) in [6.07, 6.45) is 4.47. The number of hydrogen-bond acceptors (Lipinski definition) is 5. The smallest absolute Gasteiger partial charge is 0.161 e. The minimum absolute atomic E-state index is 0.134. The Hall–Kier alpha value is -2.37. The van der Waals surface area contributed by atoms with Crippen molar-refractivity contribution in [2.45, 2.75) is 38.6 Å². The summed E-state index contributed by atoms with van der Waals surface area (Å²) >= 11 is 0. The Morgan fingerprint density at radius 2 is 2.00 bits per heavy atom. The lowest BCUT2D eigenvalue weighted by Gasteiger charge is -2.23. The van der Waals surface area contributed by atoms with Crippen molar-refractivity contribution in [1.29, 1.82) is 0 Å². The summed E-state index contributed by atoms with van der Waals surface area (Å²) in [5.74, 6) is 1.17. The van der Waals surface area contributed by atoms with Crippen molar-refractivity contribution in [2.75, 3.05) is 20.3 Å². The van der Waals surface area contributed by atoms with Gasteiger partial charge in [0.2, 0.25) is 0 Å². The van der Waals surface area contributed by atoms with Crippen LogP contribution in [0.15, 0.2) is 42.5 Å². The molecule has 2 aromatic carbocycles. The van der Waals surface area contributed by atoms with E-state index < -0.39 is 0 Å². The molecule has 0 aliphatic carbocycles. The van der Waals surface area contributed by atoms with Crippen LogP contribution in [0.1, 0.15) is 40.7 Å². The Labute approximate surface area is 160 Å². The topological polar surface area (TPSA) is 54.0 Å². The SMILES string of the molecule is COc1cc(C=O)c(CCOC2CCCCO2)cc1OCc1ccccc1. The molecule has 0 spiro atoms. The van der Waals surface area contributed by atoms with Gasteiger partial charge in [-0.25, -0.2) is 0 Å². The van der Waals surface area contributed by atoms with Crippen LogP contribution in [-0.4, -0.2) is 32.9 Å². The van der Waals surface area contributed by atoms with E-state index in [0.717, 1.165) is 43.3 Å². The van der Waals surface area contributed by atoms with Crippen molar-refractivity contribution >= 4 is 6.29 Å². The van der Waals surface area contributed by atoms with E-state index in [0.29, 0.717) is 36.7 Å². The third-order valence-electron chi connectivity index (χ3n) is 4.60. The van der Waals surface area contributed by atoms with Gasteiger partial charge in [0.05, 0.1) is 13.7 Å². The number of benzene rings is 2. The molecule has 1 heterocycles. The third-order valence-corrected chi connectivity index (χ3v) is 4.60. The molecule has 1 saturated heterocycles. The lowest BCUT2D eigenvalue weighted by molar-refractivity contribution is -0.161. The van der Waals surface area contributed by atoms with Gasteiger partial charge in [-0.05, 0) is 48.9 Å². The zero-order chi connectivity index (χ0) is 18.9. The highest BCUT2D eigenvalue weighted by Crippen LogP contribution is 2.31. The number of rotatable bonds is 9. The molecule has 5 nitrogen and oxygen atoms in total. The minimum Gasteiger partial charge on any atom is -0.493 e. The number of carbonyl (C=O) groups excluding carboxylic acids is 1. The van der Waals surface area contributed by atoms with Gasteiger partial charge in [0, 0.05) is 12.2 Å². The van der Waals surface area contributed by atoms with Crippen LogP contribution in [0.5, 0.6) is 11.5 Å². The van der Waals surface area contributed by atoms with E-state index in [9.17, 15) is 4.79 Å². The van der Waals surface area contributed by atoms with Crippen LogP contribution < -0.4 is 9.47 Å². The molecular weight excluding hydrogens is 344 g/mol. The van der Waals surface area contributed by atoms with Crippen LogP contribution in [0.25, 0.3) is 0 Å². The van der Waals surface area contributed by atoms with E-state index in [1.54, 1.807) is 13.2 Å². The lowest BCUT2D eigenvalue weighted by atomic mass is 10.0. The fourth-order valence-electron chi connectivity index (χ4n) is 3.09. The predicted molar refractivity (Wildman–Crippen MR) is 102 cm³/mol. The van der Waals surface area contributed by atoms with E-state index in [4.69, 9.17) is 18.9 Å². The summed E-state index contributed by atoms with van der Waals surface area (Å²) in [5, 5.41) is 0. The highest BCUT2D eigenvalue weighted by molar-refractivity contribution is 5.79. The number of ether oxygens (including phenoxy) is 4. The summed E-state index contributed by atoms with van der Waals surface area (Å²) in [5.41, 5.74) is 2.54. The van der Waals surface area contributed by atoms with E-state index in [-0.39, 0.29) is 6.29 Å². The fraction of sp³-hybridized carbons (Fsp3) is 0.409. The van der Waals surface area contributed by atoms with Crippen molar-refractivity contribution < 1.29 is 23.7 Å². The molecule has 0 amide bonds. The first-order valence-electron chi connectivity index (χ1n) is 9.36. The van der Waals surface area contributed by atoms with E-state index >= 15 is 0 Å². The Morgan fingerprint density at radius 1 is 1.15 bits per heavy atom. The third kappa shape index (κ3) is 5.55. The average Bonchev–Trinajstić information content (AvgIpc) is 2.73. The predicted octanol–water partition coefficient (Wildman–Crippen LogP) is 4.17. The second-order valence-electron chi connectivity index (χ2n) is 6.51. The van der Waals surface area contributed by atoms with Crippen LogP contribution in [-0.2, 0) is 22.5 Å². The molecule has 1 atom stereocenters. The molecule has 0 saturated carbocycles. The second-order valence-corrected chi connectivity index (χ2v) is 6.51. The number of methoxy groups -OCH3 is 1. The largest absolute Gasteiger partial charge is 0.493 e. The maximum Gasteiger partial charge on any atom is 0.161 e. The minimum atomic E-state index is -0.134. The number of carbonyl (C=O) groups is 1. The van der Waals surface area contributed by atoms with Gasteiger partial charge in [0.1, 0.15) is 12.9 Å². The van der Waals surface area contributed by atoms with Crippen LogP contribution in [0.2, 0.25) is 0 Å². The fourth-order valence-corrected chi connectivity index (χ4v) is 3.09. The molecule has 27 heavy (non-hydrogen) atoms. The molecule has 0 radical (unpaired) electrons. The molecule has 5 heteroatoms. The molecule has 1 aliphatic heterocycles. The van der Waals surface area contributed by atoms with Crippen LogP contribution in [0, 0.1) is 0 Å². The van der Waals surface area contributed by atoms with Crippen LogP contribution >= 0.6 is 0 Å². The molecule has 3 rings (SSSR count). The molecule has 0 aromatic heterocycles. The highest BCUT2D eigenvalue weighted by atomic mass is 16.7. The first kappa shape index (κ1) is 19.4. The average molecular weight is 370 g/mol. The van der Waals surface area contributed by atoms with Crippen molar-refractivity contribution in [3.05, 3.63) is 59.2 Å². The Balaban J connectivity index is 1.67. The number of aldehydes is 1. The Bertz CT molecular complexity index is 723. The zero-order valence-electron chi connectivity index (χ0n) is 15.7. The van der Waals surface area contributed by atoms with Gasteiger partial charge in [-0.2, -0.15) is 0 Å². The summed E-state index contributed by atoms with van der Waals surface area (Å²) < 4.78 is 22.7. The van der Waals surface area contributed by atoms with Crippen LogP contribution in [0.3, 0.4) is 0 Å². The van der Waals surface area contributed by atoms with Crippen molar-refractivity contribution in [3.8, 4) is 11.5 Å². The Morgan fingerprint density at radius 3 is 2.70 bits per heavy atom. The molecule has 144 valence electrons. The van der Waals surface area contributed by atoms with Gasteiger partial charge in [-0.3, -0.25) is 4.79 Å². The molecule has 1 unspecified atom stereocenters. The van der Waals surface area contributed by atoms with Crippen molar-refractivity contribution in [1.82, 2.24) is 0 Å². The van der Waals surface area contributed by atoms with Gasteiger partial charge in [-0.15, -0.1) is 0 Å². The second kappa shape index (κ2) is 10.1. The van der Waals surface area contributed by atoms with Crippen molar-refractivity contribution in [2.24, 2.45) is 0 Å². The molecular formula is C22H26O5. The van der Waals surface area contributed by atoms with Gasteiger partial charge in [0.15, 0.2) is 17.8 Å². The normalized spacial score (nSPS) is 16.7. The molecule has 0 bridgehead atoms. The zero-order valence-corrected chi connectivity index (χ0v) is 15.7. The maximum absolute atomic E-state index is 11.5.